The molecule has 2 N–H and O–H groups in total. The van der Waals surface area contributed by atoms with Crippen LogP contribution in [0.3, 0.4) is 0 Å². The van der Waals surface area contributed by atoms with E-state index in [9.17, 15) is 0 Å². The lowest BCUT2D eigenvalue weighted by atomic mass is 10.3. The van der Waals surface area contributed by atoms with Gasteiger partial charge < -0.3 is 9.73 Å². The van der Waals surface area contributed by atoms with Gasteiger partial charge in [-0.3, -0.25) is 5.43 Å². The van der Waals surface area contributed by atoms with Gasteiger partial charge >= 0.3 is 0 Å². The summed E-state index contributed by atoms with van der Waals surface area (Å²) < 4.78 is 5.67. The van der Waals surface area contributed by atoms with Crippen LogP contribution in [0.15, 0.2) is 34.3 Å². The zero-order valence-electron chi connectivity index (χ0n) is 10.3. The molecule has 0 aromatic carbocycles. The van der Waals surface area contributed by atoms with E-state index in [2.05, 4.69) is 29.3 Å². The van der Waals surface area contributed by atoms with Gasteiger partial charge in [-0.15, -0.1) is 6.58 Å². The summed E-state index contributed by atoms with van der Waals surface area (Å²) >= 11 is 4.99. The number of hydrazone groups is 1. The van der Waals surface area contributed by atoms with E-state index in [0.29, 0.717) is 17.6 Å². The fourth-order valence-corrected chi connectivity index (χ4v) is 1.85. The molecule has 1 aromatic heterocycles. The molecule has 1 saturated carbocycles. The fraction of sp³-hybridized carbons (Fsp3) is 0.385. The quantitative estimate of drug-likeness (QED) is 0.371. The molecule has 0 bridgehead atoms. The Kier molecular flexibility index (Phi) is 4.15. The molecule has 1 heterocycles. The van der Waals surface area contributed by atoms with Gasteiger partial charge in [-0.1, -0.05) is 13.0 Å². The smallest absolute Gasteiger partial charge is 0.187 e. The Labute approximate surface area is 112 Å². The lowest BCUT2D eigenvalue weighted by molar-refractivity contribution is 0.500. The summed E-state index contributed by atoms with van der Waals surface area (Å²) in [5.74, 6) is 3.13. The van der Waals surface area contributed by atoms with Gasteiger partial charge in [0.2, 0.25) is 0 Å². The molecule has 1 fully saturated rings. The molecule has 1 aliphatic rings. The molecule has 0 aliphatic heterocycles. The van der Waals surface area contributed by atoms with E-state index in [1.54, 1.807) is 12.3 Å². The Morgan fingerprint density at radius 1 is 1.67 bits per heavy atom. The molecule has 0 radical (unpaired) electrons. The highest BCUT2D eigenvalue weighted by Crippen LogP contribution is 2.47. The molecule has 0 unspecified atom stereocenters. The van der Waals surface area contributed by atoms with Crippen LogP contribution in [-0.4, -0.2) is 17.9 Å². The Morgan fingerprint density at radius 3 is 3.11 bits per heavy atom. The van der Waals surface area contributed by atoms with Crippen molar-refractivity contribution in [3.63, 3.8) is 0 Å². The standard InChI is InChI=1S/C13H17N3OS/c1-3-6-14-13(18)16-15-8-10-4-5-12(17-10)11-7-9(11)2/h3-5,8-9,11H,1,6-7H2,2H3,(H2,14,16,18)/b15-8-/t9-,11-/m1/s1. The average Bonchev–Trinajstić information content (AvgIpc) is 2.90. The van der Waals surface area contributed by atoms with Crippen molar-refractivity contribution in [1.82, 2.24) is 10.7 Å². The molecule has 2 atom stereocenters. The Balaban J connectivity index is 1.80. The summed E-state index contributed by atoms with van der Waals surface area (Å²) in [6.45, 7) is 6.43. The molecule has 1 aliphatic carbocycles. The minimum atomic E-state index is 0.466. The van der Waals surface area contributed by atoms with Crippen LogP contribution in [0, 0.1) is 5.92 Å². The monoisotopic (exact) mass is 263 g/mol. The van der Waals surface area contributed by atoms with Crippen molar-refractivity contribution in [3.05, 3.63) is 36.3 Å². The van der Waals surface area contributed by atoms with Gasteiger partial charge in [-0.2, -0.15) is 5.10 Å². The molecular formula is C13H17N3OS. The number of nitrogens with one attached hydrogen (secondary N) is 2. The number of hydrogen-bond acceptors (Lipinski definition) is 3. The van der Waals surface area contributed by atoms with E-state index in [1.807, 2.05) is 12.1 Å². The second-order valence-electron chi connectivity index (χ2n) is 4.43. The van der Waals surface area contributed by atoms with Gasteiger partial charge in [0.25, 0.3) is 0 Å². The fourth-order valence-electron chi connectivity index (χ4n) is 1.71. The van der Waals surface area contributed by atoms with Crippen LogP contribution in [0.1, 0.15) is 30.8 Å². The number of rotatable bonds is 5. The minimum absolute atomic E-state index is 0.466. The lowest BCUT2D eigenvalue weighted by Gasteiger charge is -2.02. The van der Waals surface area contributed by atoms with E-state index in [4.69, 9.17) is 16.6 Å². The molecule has 0 amide bonds. The first-order chi connectivity index (χ1) is 8.70. The van der Waals surface area contributed by atoms with Gasteiger partial charge in [-0.05, 0) is 36.7 Å². The first-order valence-electron chi connectivity index (χ1n) is 5.98. The Hall–Kier alpha value is -1.62. The maximum atomic E-state index is 5.67. The van der Waals surface area contributed by atoms with Crippen LogP contribution in [0.5, 0.6) is 0 Å². The summed E-state index contributed by atoms with van der Waals surface area (Å²) in [4.78, 5) is 0. The summed E-state index contributed by atoms with van der Waals surface area (Å²) in [7, 11) is 0. The molecule has 1 aromatic rings. The highest BCUT2D eigenvalue weighted by Gasteiger charge is 2.36. The zero-order valence-corrected chi connectivity index (χ0v) is 11.2. The molecule has 0 saturated heterocycles. The SMILES string of the molecule is C=CCNC(=S)N/N=C\c1ccc([C@@H]2C[C@H]2C)o1. The highest BCUT2D eigenvalue weighted by molar-refractivity contribution is 7.80. The van der Waals surface area contributed by atoms with E-state index >= 15 is 0 Å². The third kappa shape index (κ3) is 3.43. The van der Waals surface area contributed by atoms with Crippen LogP contribution in [0.25, 0.3) is 0 Å². The number of hydrogen-bond donors (Lipinski definition) is 2. The highest BCUT2D eigenvalue weighted by atomic mass is 32.1. The van der Waals surface area contributed by atoms with Gasteiger partial charge in [-0.25, -0.2) is 0 Å². The van der Waals surface area contributed by atoms with Gasteiger partial charge in [0.15, 0.2) is 5.11 Å². The van der Waals surface area contributed by atoms with Crippen molar-refractivity contribution in [2.75, 3.05) is 6.54 Å². The van der Waals surface area contributed by atoms with E-state index in [1.165, 1.54) is 6.42 Å². The van der Waals surface area contributed by atoms with Crippen LogP contribution in [0.2, 0.25) is 0 Å². The van der Waals surface area contributed by atoms with Crippen LogP contribution >= 0.6 is 12.2 Å². The minimum Gasteiger partial charge on any atom is -0.460 e. The zero-order chi connectivity index (χ0) is 13.0. The van der Waals surface area contributed by atoms with Gasteiger partial charge in [0, 0.05) is 12.5 Å². The predicted octanol–water partition coefficient (Wildman–Crippen LogP) is 2.39. The van der Waals surface area contributed by atoms with E-state index in [-0.39, 0.29) is 0 Å². The van der Waals surface area contributed by atoms with Crippen molar-refractivity contribution in [3.8, 4) is 0 Å². The van der Waals surface area contributed by atoms with Crippen molar-refractivity contribution in [2.45, 2.75) is 19.3 Å². The molecule has 18 heavy (non-hydrogen) atoms. The van der Waals surface area contributed by atoms with Crippen molar-refractivity contribution < 1.29 is 4.42 Å². The van der Waals surface area contributed by atoms with Crippen LogP contribution < -0.4 is 10.7 Å². The number of thiocarbonyl (C=S) groups is 1. The Bertz CT molecular complexity index is 467. The summed E-state index contributed by atoms with van der Waals surface area (Å²) in [6, 6.07) is 3.94. The topological polar surface area (TPSA) is 49.6 Å². The van der Waals surface area contributed by atoms with Crippen LogP contribution in [0.4, 0.5) is 0 Å². The normalized spacial score (nSPS) is 21.8. The second kappa shape index (κ2) is 5.82. The van der Waals surface area contributed by atoms with Gasteiger partial charge in [0.05, 0.1) is 6.21 Å². The molecule has 2 rings (SSSR count). The molecular weight excluding hydrogens is 246 g/mol. The first-order valence-corrected chi connectivity index (χ1v) is 6.39. The lowest BCUT2D eigenvalue weighted by Crippen LogP contribution is -2.31. The van der Waals surface area contributed by atoms with Crippen LogP contribution in [-0.2, 0) is 0 Å². The number of nitrogens with zero attached hydrogens (tertiary/aromatic N) is 1. The largest absolute Gasteiger partial charge is 0.460 e. The third-order valence-electron chi connectivity index (χ3n) is 2.89. The van der Waals surface area contributed by atoms with Crippen molar-refractivity contribution >= 4 is 23.5 Å². The third-order valence-corrected chi connectivity index (χ3v) is 3.12. The van der Waals surface area contributed by atoms with Gasteiger partial charge in [0.1, 0.15) is 11.5 Å². The average molecular weight is 263 g/mol. The predicted molar refractivity (Wildman–Crippen MR) is 76.8 cm³/mol. The molecule has 96 valence electrons. The maximum absolute atomic E-state index is 5.67. The van der Waals surface area contributed by atoms with E-state index in [0.717, 1.165) is 17.4 Å². The van der Waals surface area contributed by atoms with Crippen molar-refractivity contribution in [2.24, 2.45) is 11.0 Å². The summed E-state index contributed by atoms with van der Waals surface area (Å²) in [5.41, 5.74) is 2.71. The number of furan rings is 1. The van der Waals surface area contributed by atoms with E-state index < -0.39 is 0 Å². The van der Waals surface area contributed by atoms with Crippen molar-refractivity contribution in [1.29, 1.82) is 0 Å². The first kappa shape index (κ1) is 12.8. The molecule has 5 heteroatoms. The molecule has 4 nitrogen and oxygen atoms in total. The maximum Gasteiger partial charge on any atom is 0.187 e. The second-order valence-corrected chi connectivity index (χ2v) is 4.84. The molecule has 0 spiro atoms. The summed E-state index contributed by atoms with van der Waals surface area (Å²) in [5, 5.41) is 7.38. The summed E-state index contributed by atoms with van der Waals surface area (Å²) in [6.07, 6.45) is 4.57. The Morgan fingerprint density at radius 2 is 2.44 bits per heavy atom.